The van der Waals surface area contributed by atoms with E-state index in [0.29, 0.717) is 0 Å². The molecule has 6 aromatic rings. The summed E-state index contributed by atoms with van der Waals surface area (Å²) in [7, 11) is 0. The van der Waals surface area contributed by atoms with Gasteiger partial charge < -0.3 is 24.4 Å². The predicted molar refractivity (Wildman–Crippen MR) is 216 cm³/mol. The third kappa shape index (κ3) is 7.39. The van der Waals surface area contributed by atoms with Gasteiger partial charge in [0.1, 0.15) is 0 Å². The van der Waals surface area contributed by atoms with Crippen LogP contribution >= 0.6 is 0 Å². The van der Waals surface area contributed by atoms with Gasteiger partial charge in [-0.3, -0.25) is 0 Å². The highest BCUT2D eigenvalue weighted by atomic mass is 19.2. The van der Waals surface area contributed by atoms with Gasteiger partial charge in [0, 0.05) is 38.8 Å². The highest BCUT2D eigenvalue weighted by molar-refractivity contribution is 6.30. The number of carbonyl (C=O) groups excluding carboxylic acids is 2. The van der Waals surface area contributed by atoms with Crippen LogP contribution < -0.4 is 10.7 Å². The number of aromatic nitrogens is 3. The van der Waals surface area contributed by atoms with Gasteiger partial charge >= 0.3 is 11.9 Å². The number of esters is 2. The first-order valence-electron chi connectivity index (χ1n) is 20.4. The summed E-state index contributed by atoms with van der Waals surface area (Å²) in [6.07, 6.45) is 0.502. The number of benzene rings is 3. The largest absolute Gasteiger partial charge is 0.462 e. The predicted octanol–water partition coefficient (Wildman–Crippen LogP) is 9.74. The molecule has 0 saturated carbocycles. The number of nitrogens with one attached hydrogen (secondary N) is 3. The molecule has 0 unspecified atom stereocenters. The van der Waals surface area contributed by atoms with Gasteiger partial charge in [-0.05, 0) is 75.9 Å². The average Bonchev–Trinajstić information content (AvgIpc) is 4.14. The zero-order chi connectivity index (χ0) is 51.1. The average molecular weight is 997 g/mol. The summed E-state index contributed by atoms with van der Waals surface area (Å²) in [5.74, 6) is -40.2. The Morgan fingerprint density at radius 3 is 1.19 bits per heavy atom. The zero-order valence-electron chi connectivity index (χ0n) is 35.9. The molecule has 8 bridgehead atoms. The van der Waals surface area contributed by atoms with E-state index in [9.17, 15) is 22.8 Å². The number of rotatable bonds is 7. The second-order valence-electron chi connectivity index (χ2n) is 15.4. The molecular formula is C47H27F15N4O4. The molecule has 70 heavy (non-hydrogen) atoms. The van der Waals surface area contributed by atoms with Crippen LogP contribution in [0.25, 0.3) is 16.7 Å². The standard InChI is InChI=1S/C47H27F15N4O4/c1-5-69-46(67)21-13(3)44-24(27-31(50)37(56)42(61)38(57)32(27)51)19-11-9-17(63-19)23(26-29(48)35(54)41(60)36(55)30(26)49)18-10-12-20(64-18)25(28-33(52)39(58)43(62)40(59)34(28)53)45-14(4)22(47(68)70-6-2)16(66-45)8-7-15(21)65-44/h9-12,63,65-66H,5-8H2,1-4H3/b23-17+,24-19-,25-20-. The second-order valence-corrected chi connectivity index (χ2v) is 15.4. The minimum atomic E-state index is -2.67. The molecule has 3 aromatic carbocycles. The summed E-state index contributed by atoms with van der Waals surface area (Å²) >= 11 is 0. The van der Waals surface area contributed by atoms with Crippen molar-refractivity contribution >= 4 is 34.4 Å². The van der Waals surface area contributed by atoms with Crippen molar-refractivity contribution < 1.29 is 84.9 Å². The third-order valence-corrected chi connectivity index (χ3v) is 11.5. The van der Waals surface area contributed by atoms with Crippen molar-refractivity contribution in [1.29, 1.82) is 0 Å². The van der Waals surface area contributed by atoms with Gasteiger partial charge in [0.05, 0.1) is 63.8 Å². The number of aliphatic imine (C=N–C) groups is 1. The lowest BCUT2D eigenvalue weighted by molar-refractivity contribution is 0.0513. The van der Waals surface area contributed by atoms with Crippen LogP contribution in [0.15, 0.2) is 35.0 Å². The molecule has 0 amide bonds. The molecule has 23 heteroatoms. The van der Waals surface area contributed by atoms with Crippen molar-refractivity contribution in [3.05, 3.63) is 190 Å². The van der Waals surface area contributed by atoms with Gasteiger partial charge in [-0.2, -0.15) is 0 Å². The summed E-state index contributed by atoms with van der Waals surface area (Å²) in [4.78, 5) is 39.4. The van der Waals surface area contributed by atoms with E-state index in [2.05, 4.69) is 19.9 Å². The summed E-state index contributed by atoms with van der Waals surface area (Å²) in [6, 6.07) is 1.56. The number of ether oxygens (including phenoxy) is 2. The molecule has 3 aromatic heterocycles. The Morgan fingerprint density at radius 2 is 0.800 bits per heavy atom. The Bertz CT molecular complexity index is 3460. The van der Waals surface area contributed by atoms with Gasteiger partial charge in [0.15, 0.2) is 69.8 Å². The second kappa shape index (κ2) is 18.0. The van der Waals surface area contributed by atoms with Gasteiger partial charge in [0.25, 0.3) is 0 Å². The van der Waals surface area contributed by atoms with Gasteiger partial charge in [-0.25, -0.2) is 80.4 Å². The minimum absolute atomic E-state index is 0.244. The normalized spacial score (nSPS) is 16.2. The van der Waals surface area contributed by atoms with Crippen molar-refractivity contribution in [3.63, 3.8) is 0 Å². The molecule has 0 saturated heterocycles. The number of halogens is 15. The highest BCUT2D eigenvalue weighted by Gasteiger charge is 2.37. The molecule has 0 aliphatic carbocycles. The maximum atomic E-state index is 16.1. The number of carbonyl (C=O) groups is 2. The van der Waals surface area contributed by atoms with Crippen molar-refractivity contribution in [2.45, 2.75) is 40.5 Å². The highest BCUT2D eigenvalue weighted by Crippen LogP contribution is 2.41. The van der Waals surface area contributed by atoms with Crippen molar-refractivity contribution in [3.8, 4) is 0 Å². The number of fused-ring (bicyclic) bond motifs is 7. The van der Waals surface area contributed by atoms with Gasteiger partial charge in [-0.15, -0.1) is 0 Å². The van der Waals surface area contributed by atoms with E-state index in [1.165, 1.54) is 13.8 Å². The van der Waals surface area contributed by atoms with Crippen LogP contribution in [0.2, 0.25) is 0 Å². The molecule has 0 fully saturated rings. The van der Waals surface area contributed by atoms with E-state index in [4.69, 9.17) is 9.47 Å². The topological polar surface area (TPSA) is 112 Å². The summed E-state index contributed by atoms with van der Waals surface area (Å²) in [5.41, 5.74) is -13.4. The molecule has 3 N–H and O–H groups in total. The van der Waals surface area contributed by atoms with Crippen LogP contribution in [-0.2, 0) is 22.3 Å². The Balaban J connectivity index is 1.65. The molecule has 8 nitrogen and oxygen atoms in total. The lowest BCUT2D eigenvalue weighted by Gasteiger charge is -2.14. The number of nitrogens with zero attached hydrogens (tertiary/aromatic N) is 1. The number of H-pyrrole nitrogens is 3. The van der Waals surface area contributed by atoms with Crippen molar-refractivity contribution in [2.24, 2.45) is 4.99 Å². The maximum absolute atomic E-state index is 16.1. The summed E-state index contributed by atoms with van der Waals surface area (Å²) < 4.78 is 241. The monoisotopic (exact) mass is 996 g/mol. The van der Waals surface area contributed by atoms with Crippen LogP contribution in [0.5, 0.6) is 0 Å². The van der Waals surface area contributed by atoms with Crippen LogP contribution in [0.3, 0.4) is 0 Å². The molecule has 0 radical (unpaired) electrons. The Kier molecular flexibility index (Phi) is 12.5. The van der Waals surface area contributed by atoms with E-state index >= 15 is 52.7 Å². The summed E-state index contributed by atoms with van der Waals surface area (Å²) in [5, 5.41) is -1.58. The molecule has 2 aliphatic heterocycles. The third-order valence-electron chi connectivity index (χ3n) is 11.5. The fraction of sp³-hybridized carbons (Fsp3) is 0.170. The quantitative estimate of drug-likeness (QED) is 0.0641. The number of aryl methyl sites for hydroxylation is 2. The first-order valence-corrected chi connectivity index (χ1v) is 20.4. The lowest BCUT2D eigenvalue weighted by atomic mass is 9.95. The molecule has 5 heterocycles. The molecule has 0 spiro atoms. The molecule has 364 valence electrons. The molecule has 0 atom stereocenters. The minimum Gasteiger partial charge on any atom is -0.462 e. The van der Waals surface area contributed by atoms with Crippen LogP contribution in [0, 0.1) is 101 Å². The first kappa shape index (κ1) is 48.7. The zero-order valence-corrected chi connectivity index (χ0v) is 35.9. The number of hydrogen-bond acceptors (Lipinski definition) is 5. The first-order chi connectivity index (χ1) is 33.1. The van der Waals surface area contributed by atoms with E-state index < -0.39 is 190 Å². The molecule has 8 rings (SSSR count). The SMILES string of the molecule is CCOC(=O)c1c2[nH]c(c1C)/C(c1c(F)c(F)c(F)c(F)c1F)=C1/C=CC(=N1)/C(c1c(F)c(F)c(F)c(F)c1F)=c1/cc/c([nH]1)=C(\c1c(F)c(F)c(F)c(F)c1F)c1[nH]c(c(C(=O)OCC)c1C)CC2. The van der Waals surface area contributed by atoms with Crippen LogP contribution in [-0.4, -0.2) is 45.8 Å². The number of allylic oxidation sites excluding steroid dienone is 2. The summed E-state index contributed by atoms with van der Waals surface area (Å²) in [6.45, 7) is 4.43. The molecule has 2 aliphatic rings. The van der Waals surface area contributed by atoms with Gasteiger partial charge in [-0.1, -0.05) is 0 Å². The maximum Gasteiger partial charge on any atom is 0.340 e. The van der Waals surface area contributed by atoms with Crippen LogP contribution in [0.1, 0.15) is 85.2 Å². The fourth-order valence-corrected chi connectivity index (χ4v) is 8.38. The van der Waals surface area contributed by atoms with Gasteiger partial charge in [0.2, 0.25) is 17.5 Å². The number of hydrogen-bond donors (Lipinski definition) is 3. The Hall–Kier alpha value is -7.72. The number of aromatic amines is 3. The van der Waals surface area contributed by atoms with Crippen molar-refractivity contribution in [1.82, 2.24) is 15.0 Å². The van der Waals surface area contributed by atoms with E-state index in [1.54, 1.807) is 0 Å². The molecular weight excluding hydrogens is 970 g/mol. The Labute approximate surface area is 382 Å². The van der Waals surface area contributed by atoms with E-state index in [-0.39, 0.29) is 35.7 Å². The van der Waals surface area contributed by atoms with E-state index in [0.717, 1.165) is 38.1 Å². The van der Waals surface area contributed by atoms with E-state index in [1.807, 2.05) is 0 Å². The van der Waals surface area contributed by atoms with Crippen molar-refractivity contribution in [2.75, 3.05) is 13.2 Å². The smallest absolute Gasteiger partial charge is 0.340 e. The Morgan fingerprint density at radius 1 is 0.471 bits per heavy atom. The lowest BCUT2D eigenvalue weighted by Crippen LogP contribution is -2.23. The van der Waals surface area contributed by atoms with Crippen LogP contribution in [0.4, 0.5) is 65.9 Å². The fourth-order valence-electron chi connectivity index (χ4n) is 8.38.